The Hall–Kier alpha value is -1.65. The van der Waals surface area contributed by atoms with Gasteiger partial charge in [-0.25, -0.2) is 9.37 Å². The van der Waals surface area contributed by atoms with E-state index in [1.807, 2.05) is 13.8 Å². The molecule has 0 aliphatic rings. The Kier molecular flexibility index (Phi) is 3.00. The maximum Gasteiger partial charge on any atom is 0.261 e. The van der Waals surface area contributed by atoms with Crippen LogP contribution in [0.15, 0.2) is 23.3 Å². The third-order valence-electron chi connectivity index (χ3n) is 2.93. The molecule has 0 fully saturated rings. The average molecular weight is 230 g/mol. The number of hydrogen-bond acceptors (Lipinski definition) is 2. The summed E-state index contributed by atoms with van der Waals surface area (Å²) in [7, 11) is 5.54. The summed E-state index contributed by atoms with van der Waals surface area (Å²) < 4.78 is 15.1. The lowest BCUT2D eigenvalue weighted by atomic mass is 9.94. The van der Waals surface area contributed by atoms with Crippen LogP contribution in [0.2, 0.25) is 0 Å². The zero-order valence-electron chi connectivity index (χ0n) is 9.77. The summed E-state index contributed by atoms with van der Waals surface area (Å²) in [6.07, 6.45) is 2.19. The highest BCUT2D eigenvalue weighted by Crippen LogP contribution is 2.12. The van der Waals surface area contributed by atoms with E-state index in [-0.39, 0.29) is 28.0 Å². The predicted octanol–water partition coefficient (Wildman–Crippen LogP) is 1.30. The van der Waals surface area contributed by atoms with Gasteiger partial charge in [0.25, 0.3) is 5.56 Å². The molecule has 1 unspecified atom stereocenters. The first kappa shape index (κ1) is 11.8. The molecule has 0 bridgehead atoms. The van der Waals surface area contributed by atoms with Crippen LogP contribution in [0.25, 0.3) is 10.9 Å². The van der Waals surface area contributed by atoms with Gasteiger partial charge in [0, 0.05) is 6.04 Å². The van der Waals surface area contributed by atoms with Crippen molar-refractivity contribution in [3.05, 3.63) is 34.6 Å². The van der Waals surface area contributed by atoms with E-state index in [1.54, 1.807) is 0 Å². The predicted molar refractivity (Wildman–Crippen MR) is 66.4 cm³/mol. The third-order valence-corrected chi connectivity index (χ3v) is 2.93. The highest BCUT2D eigenvalue weighted by Gasteiger charge is 2.11. The van der Waals surface area contributed by atoms with Gasteiger partial charge in [-0.2, -0.15) is 0 Å². The second-order valence-electron chi connectivity index (χ2n) is 4.11. The number of aromatic nitrogens is 2. The summed E-state index contributed by atoms with van der Waals surface area (Å²) in [6, 6.07) is 2.67. The maximum absolute atomic E-state index is 13.6. The number of fused-ring (bicyclic) bond motifs is 1. The summed E-state index contributed by atoms with van der Waals surface area (Å²) in [5.74, 6) is -0.562. The lowest BCUT2D eigenvalue weighted by Gasteiger charge is -2.13. The van der Waals surface area contributed by atoms with Crippen LogP contribution in [0.5, 0.6) is 0 Å². The highest BCUT2D eigenvalue weighted by atomic mass is 19.1. The molecule has 0 N–H and O–H groups in total. The quantitative estimate of drug-likeness (QED) is 0.729. The molecule has 0 spiro atoms. The lowest BCUT2D eigenvalue weighted by molar-refractivity contribution is 0.510. The zero-order valence-corrected chi connectivity index (χ0v) is 9.77. The van der Waals surface area contributed by atoms with E-state index < -0.39 is 5.82 Å². The van der Waals surface area contributed by atoms with E-state index in [0.29, 0.717) is 0 Å². The molecule has 5 heteroatoms. The summed E-state index contributed by atoms with van der Waals surface area (Å²) in [5.41, 5.74) is 0.0510. The number of hydrogen-bond donors (Lipinski definition) is 0. The van der Waals surface area contributed by atoms with Gasteiger partial charge in [0.05, 0.1) is 11.7 Å². The molecule has 2 radical (unpaired) electrons. The van der Waals surface area contributed by atoms with Crippen LogP contribution < -0.4 is 11.0 Å². The van der Waals surface area contributed by atoms with E-state index in [0.717, 1.165) is 6.42 Å². The van der Waals surface area contributed by atoms with Crippen LogP contribution in [-0.2, 0) is 0 Å². The van der Waals surface area contributed by atoms with Crippen LogP contribution in [-0.4, -0.2) is 17.4 Å². The fraction of sp³-hybridized carbons (Fsp3) is 0.333. The van der Waals surface area contributed by atoms with Crippen molar-refractivity contribution in [1.29, 1.82) is 0 Å². The summed E-state index contributed by atoms with van der Waals surface area (Å²) in [4.78, 5) is 16.1. The molecule has 0 aliphatic heterocycles. The molecule has 2 rings (SSSR count). The molecule has 1 heterocycles. The number of benzene rings is 1. The Morgan fingerprint density at radius 3 is 2.88 bits per heavy atom. The van der Waals surface area contributed by atoms with Gasteiger partial charge in [0.15, 0.2) is 0 Å². The average Bonchev–Trinajstić information content (AvgIpc) is 2.29. The molecule has 3 nitrogen and oxygen atoms in total. The van der Waals surface area contributed by atoms with Crippen molar-refractivity contribution in [1.82, 2.24) is 9.55 Å². The van der Waals surface area contributed by atoms with Crippen LogP contribution in [0, 0.1) is 5.82 Å². The first-order chi connectivity index (χ1) is 8.04. The smallest absolute Gasteiger partial charge is 0.261 e. The second kappa shape index (κ2) is 4.32. The van der Waals surface area contributed by atoms with Crippen molar-refractivity contribution in [3.8, 4) is 0 Å². The monoisotopic (exact) mass is 230 g/mol. The van der Waals surface area contributed by atoms with Gasteiger partial charge >= 0.3 is 0 Å². The van der Waals surface area contributed by atoms with E-state index in [4.69, 9.17) is 7.85 Å². The SMILES string of the molecule is [B]c1cc(F)c2ncn(C(C)CC)c(=O)c2c1. The molecule has 0 amide bonds. The van der Waals surface area contributed by atoms with Crippen LogP contribution in [0.4, 0.5) is 4.39 Å². The van der Waals surface area contributed by atoms with E-state index in [2.05, 4.69) is 4.98 Å². The van der Waals surface area contributed by atoms with Crippen molar-refractivity contribution >= 4 is 24.2 Å². The van der Waals surface area contributed by atoms with Crippen LogP contribution >= 0.6 is 0 Å². The van der Waals surface area contributed by atoms with Gasteiger partial charge in [-0.1, -0.05) is 18.5 Å². The topological polar surface area (TPSA) is 34.9 Å². The molecule has 1 atom stereocenters. The molecule has 1 aromatic heterocycles. The van der Waals surface area contributed by atoms with Crippen molar-refractivity contribution in [2.75, 3.05) is 0 Å². The van der Waals surface area contributed by atoms with Crippen molar-refractivity contribution in [2.24, 2.45) is 0 Å². The van der Waals surface area contributed by atoms with E-state index in [1.165, 1.54) is 23.0 Å². The fourth-order valence-corrected chi connectivity index (χ4v) is 1.74. The molecule has 1 aromatic carbocycles. The molecule has 86 valence electrons. The lowest BCUT2D eigenvalue weighted by Crippen LogP contribution is -2.24. The molecule has 0 saturated heterocycles. The first-order valence-corrected chi connectivity index (χ1v) is 5.50. The summed E-state index contributed by atoms with van der Waals surface area (Å²) in [6.45, 7) is 3.89. The third kappa shape index (κ3) is 1.97. The Morgan fingerprint density at radius 1 is 1.53 bits per heavy atom. The first-order valence-electron chi connectivity index (χ1n) is 5.50. The zero-order chi connectivity index (χ0) is 12.6. The van der Waals surface area contributed by atoms with Crippen molar-refractivity contribution in [3.63, 3.8) is 0 Å². The van der Waals surface area contributed by atoms with E-state index in [9.17, 15) is 9.18 Å². The fourth-order valence-electron chi connectivity index (χ4n) is 1.74. The van der Waals surface area contributed by atoms with Crippen molar-refractivity contribution < 1.29 is 4.39 Å². The van der Waals surface area contributed by atoms with Gasteiger partial charge in [-0.05, 0) is 19.4 Å². The standard InChI is InChI=1S/C12H12BFN2O/c1-3-7(2)16-6-15-11-9(12(16)17)4-8(13)5-10(11)14/h4-7H,3H2,1-2H3. The largest absolute Gasteiger partial charge is 0.296 e. The van der Waals surface area contributed by atoms with E-state index >= 15 is 0 Å². The molecule has 0 aliphatic carbocycles. The molecule has 2 aromatic rings. The summed E-state index contributed by atoms with van der Waals surface area (Å²) in [5, 5.41) is 0.227. The molecular weight excluding hydrogens is 218 g/mol. The van der Waals surface area contributed by atoms with Gasteiger partial charge in [-0.15, -0.1) is 0 Å². The normalized spacial score (nSPS) is 12.9. The Bertz CT molecular complexity index is 624. The minimum Gasteiger partial charge on any atom is -0.296 e. The second-order valence-corrected chi connectivity index (χ2v) is 4.11. The minimum atomic E-state index is -0.562. The van der Waals surface area contributed by atoms with Crippen molar-refractivity contribution in [2.45, 2.75) is 26.3 Å². The van der Waals surface area contributed by atoms with Gasteiger partial charge in [0.2, 0.25) is 0 Å². The van der Waals surface area contributed by atoms with Gasteiger partial charge < -0.3 is 0 Å². The Balaban J connectivity index is 2.80. The van der Waals surface area contributed by atoms with Gasteiger partial charge in [-0.3, -0.25) is 9.36 Å². The van der Waals surface area contributed by atoms with Gasteiger partial charge in [0.1, 0.15) is 19.2 Å². The van der Waals surface area contributed by atoms with Crippen LogP contribution in [0.3, 0.4) is 0 Å². The van der Waals surface area contributed by atoms with Crippen LogP contribution in [0.1, 0.15) is 26.3 Å². The number of halogens is 1. The number of rotatable bonds is 2. The molecule has 17 heavy (non-hydrogen) atoms. The number of nitrogens with zero attached hydrogens (tertiary/aromatic N) is 2. The molecule has 0 saturated carbocycles. The maximum atomic E-state index is 13.6. The molecular formula is C12H12BFN2O. The minimum absolute atomic E-state index is 0.0314. The summed E-state index contributed by atoms with van der Waals surface area (Å²) >= 11 is 0. The highest BCUT2D eigenvalue weighted by molar-refractivity contribution is 6.33. The Labute approximate surface area is 99.7 Å². The Morgan fingerprint density at radius 2 is 2.24 bits per heavy atom.